The number of fused-ring (bicyclic) bond motifs is 1. The van der Waals surface area contributed by atoms with Crippen molar-refractivity contribution >= 4 is 34.3 Å². The fraction of sp³-hybridized carbons (Fsp3) is 0.550. The lowest BCUT2D eigenvalue weighted by molar-refractivity contribution is -0.116. The topological polar surface area (TPSA) is 164 Å². The van der Waals surface area contributed by atoms with Crippen LogP contribution in [0.3, 0.4) is 0 Å². The van der Waals surface area contributed by atoms with Gasteiger partial charge in [0.1, 0.15) is 23.7 Å². The van der Waals surface area contributed by atoms with Crippen LogP contribution in [0, 0.1) is 18.8 Å². The lowest BCUT2D eigenvalue weighted by Crippen LogP contribution is -2.51. The highest BCUT2D eigenvalue weighted by Gasteiger charge is 2.45. The van der Waals surface area contributed by atoms with Crippen molar-refractivity contribution < 1.29 is 19.7 Å². The first-order valence-corrected chi connectivity index (χ1v) is 18.6. The molecule has 0 radical (unpaired) electrons. The molecule has 4 aromatic rings. The first-order chi connectivity index (χ1) is 24.7. The van der Waals surface area contributed by atoms with Crippen molar-refractivity contribution in [3.8, 4) is 5.75 Å². The number of hydrogen-bond donors (Lipinski definition) is 5. The van der Waals surface area contributed by atoms with E-state index in [1.807, 2.05) is 47.9 Å². The third-order valence-electron chi connectivity index (χ3n) is 11.2. The van der Waals surface area contributed by atoms with Gasteiger partial charge in [-0.15, -0.1) is 0 Å². The van der Waals surface area contributed by atoms with Gasteiger partial charge in [-0.1, -0.05) is 32.9 Å². The van der Waals surface area contributed by atoms with E-state index in [2.05, 4.69) is 65.1 Å². The van der Waals surface area contributed by atoms with Crippen molar-refractivity contribution in [1.29, 1.82) is 0 Å². The Hall–Kier alpha value is -4.26. The van der Waals surface area contributed by atoms with E-state index >= 15 is 0 Å². The number of aliphatic hydroxyl groups is 2. The Balaban J connectivity index is 1.03. The predicted octanol–water partition coefficient (Wildman–Crippen LogP) is 5.83. The second-order valence-corrected chi connectivity index (χ2v) is 16.2. The molecule has 4 atom stereocenters. The zero-order valence-corrected chi connectivity index (χ0v) is 31.6. The third kappa shape index (κ3) is 8.04. The smallest absolute Gasteiger partial charge is 0.224 e. The number of benzene rings is 2. The molecule has 12 heteroatoms. The Labute approximate surface area is 307 Å². The van der Waals surface area contributed by atoms with Crippen LogP contribution in [-0.2, 0) is 16.8 Å². The number of nitrogens with one attached hydrogen (secondary N) is 2. The molecular formula is C40H56N8O4. The number of nitrogen functional groups attached to an aromatic ring is 1. The summed E-state index contributed by atoms with van der Waals surface area (Å²) < 4.78 is 7.23. The van der Waals surface area contributed by atoms with E-state index in [0.717, 1.165) is 41.7 Å². The monoisotopic (exact) mass is 712 g/mol. The summed E-state index contributed by atoms with van der Waals surface area (Å²) in [5.41, 5.74) is 12.1. The molecule has 2 fully saturated rings. The van der Waals surface area contributed by atoms with Gasteiger partial charge in [0, 0.05) is 37.5 Å². The molecule has 6 rings (SSSR count). The predicted molar refractivity (Wildman–Crippen MR) is 205 cm³/mol. The fourth-order valence-electron chi connectivity index (χ4n) is 7.90. The summed E-state index contributed by atoms with van der Waals surface area (Å²) in [6, 6.07) is 12.1. The van der Waals surface area contributed by atoms with Gasteiger partial charge in [-0.25, -0.2) is 15.0 Å². The van der Waals surface area contributed by atoms with E-state index in [4.69, 9.17) is 10.5 Å². The lowest BCUT2D eigenvalue weighted by Gasteiger charge is -2.46. The summed E-state index contributed by atoms with van der Waals surface area (Å²) >= 11 is 0. The number of aliphatic hydroxyl groups excluding tert-OH is 2. The lowest BCUT2D eigenvalue weighted by atomic mass is 9.76. The van der Waals surface area contributed by atoms with E-state index in [9.17, 15) is 15.0 Å². The first kappa shape index (κ1) is 37.5. The molecule has 6 N–H and O–H groups in total. The third-order valence-corrected chi connectivity index (χ3v) is 11.2. The number of aromatic nitrogens is 4. The summed E-state index contributed by atoms with van der Waals surface area (Å²) in [6.07, 6.45) is 5.30. The minimum absolute atomic E-state index is 0.00958. The molecule has 0 saturated heterocycles. The Morgan fingerprint density at radius 2 is 1.85 bits per heavy atom. The number of anilines is 3. The SMILES string of the molecule is COc1ccc(CNc2ncnc3c2ncn3[C@@H]2C[C@H](CN(C(C)C)C3CC(CCC(=O)Nc4ccc(C(C)(C)C)cc4N)C3)[C@@H](O)[C@H]2O)c(C)c1. The molecule has 0 unspecified atom stereocenters. The second-order valence-electron chi connectivity index (χ2n) is 16.2. The summed E-state index contributed by atoms with van der Waals surface area (Å²) in [6.45, 7) is 14.1. The van der Waals surface area contributed by atoms with Gasteiger partial charge in [0.2, 0.25) is 5.91 Å². The van der Waals surface area contributed by atoms with Crippen LogP contribution in [0.5, 0.6) is 5.75 Å². The Morgan fingerprint density at radius 1 is 1.08 bits per heavy atom. The Kier molecular flexibility index (Phi) is 11.1. The zero-order valence-electron chi connectivity index (χ0n) is 31.6. The van der Waals surface area contributed by atoms with Crippen LogP contribution >= 0.6 is 0 Å². The van der Waals surface area contributed by atoms with Crippen LogP contribution in [0.2, 0.25) is 0 Å². The highest BCUT2D eigenvalue weighted by atomic mass is 16.5. The number of hydrogen-bond acceptors (Lipinski definition) is 10. The number of carbonyl (C=O) groups excluding carboxylic acids is 1. The Bertz CT molecular complexity index is 1860. The van der Waals surface area contributed by atoms with Crippen molar-refractivity contribution in [1.82, 2.24) is 24.4 Å². The van der Waals surface area contributed by atoms with E-state index in [-0.39, 0.29) is 29.3 Å². The molecule has 0 spiro atoms. The van der Waals surface area contributed by atoms with Crippen LogP contribution in [0.4, 0.5) is 17.2 Å². The highest BCUT2D eigenvalue weighted by Crippen LogP contribution is 2.41. The van der Waals surface area contributed by atoms with Crippen molar-refractivity contribution in [2.45, 2.75) is 116 Å². The average Bonchev–Trinajstić information content (AvgIpc) is 3.63. The molecule has 12 nitrogen and oxygen atoms in total. The molecular weight excluding hydrogens is 656 g/mol. The summed E-state index contributed by atoms with van der Waals surface area (Å²) in [5.74, 6) is 1.78. The minimum atomic E-state index is -0.948. The van der Waals surface area contributed by atoms with Gasteiger partial charge in [-0.3, -0.25) is 9.69 Å². The van der Waals surface area contributed by atoms with Crippen LogP contribution in [0.1, 0.15) is 89.5 Å². The number of rotatable bonds is 13. The molecule has 2 aliphatic carbocycles. The molecule has 2 heterocycles. The number of imidazole rings is 1. The van der Waals surface area contributed by atoms with Crippen LogP contribution in [-0.4, -0.2) is 78.5 Å². The largest absolute Gasteiger partial charge is 0.497 e. The van der Waals surface area contributed by atoms with Gasteiger partial charge < -0.3 is 35.9 Å². The average molecular weight is 713 g/mol. The van der Waals surface area contributed by atoms with Crippen molar-refractivity contribution in [2.75, 3.05) is 30.0 Å². The zero-order chi connectivity index (χ0) is 37.3. The van der Waals surface area contributed by atoms with Gasteiger partial charge >= 0.3 is 0 Å². The van der Waals surface area contributed by atoms with Crippen LogP contribution in [0.25, 0.3) is 11.2 Å². The van der Waals surface area contributed by atoms with E-state index < -0.39 is 12.2 Å². The van der Waals surface area contributed by atoms with Gasteiger partial charge in [0.25, 0.3) is 0 Å². The summed E-state index contributed by atoms with van der Waals surface area (Å²) in [4.78, 5) is 28.9. The molecule has 0 bridgehead atoms. The Morgan fingerprint density at radius 3 is 2.52 bits per heavy atom. The summed E-state index contributed by atoms with van der Waals surface area (Å²) in [7, 11) is 1.66. The van der Waals surface area contributed by atoms with Gasteiger partial charge in [0.15, 0.2) is 11.5 Å². The van der Waals surface area contributed by atoms with Crippen LogP contribution in [0.15, 0.2) is 49.1 Å². The highest BCUT2D eigenvalue weighted by molar-refractivity contribution is 5.94. The molecule has 2 aromatic carbocycles. The van der Waals surface area contributed by atoms with Gasteiger partial charge in [0.05, 0.1) is 37.0 Å². The van der Waals surface area contributed by atoms with Crippen molar-refractivity contribution in [2.24, 2.45) is 11.8 Å². The van der Waals surface area contributed by atoms with Gasteiger partial charge in [-0.05, 0) is 98.7 Å². The maximum Gasteiger partial charge on any atom is 0.224 e. The number of amides is 1. The maximum absolute atomic E-state index is 12.8. The van der Waals surface area contributed by atoms with E-state index in [1.54, 1.807) is 13.4 Å². The molecule has 1 amide bonds. The quantitative estimate of drug-likeness (QED) is 0.107. The molecule has 2 saturated carbocycles. The second kappa shape index (κ2) is 15.4. The molecule has 0 aliphatic heterocycles. The number of aryl methyl sites for hydroxylation is 1. The first-order valence-electron chi connectivity index (χ1n) is 18.6. The fourth-order valence-corrected chi connectivity index (χ4v) is 7.90. The number of methoxy groups -OCH3 is 1. The number of ether oxygens (including phenoxy) is 1. The van der Waals surface area contributed by atoms with Crippen molar-refractivity contribution in [3.05, 3.63) is 65.7 Å². The molecule has 52 heavy (non-hydrogen) atoms. The normalized spacial score (nSPS) is 23.3. The van der Waals surface area contributed by atoms with E-state index in [0.29, 0.717) is 66.2 Å². The van der Waals surface area contributed by atoms with E-state index in [1.165, 1.54) is 6.33 Å². The van der Waals surface area contributed by atoms with Gasteiger partial charge in [-0.2, -0.15) is 0 Å². The minimum Gasteiger partial charge on any atom is -0.497 e. The number of carbonyl (C=O) groups is 1. The number of nitrogens with zero attached hydrogens (tertiary/aromatic N) is 5. The molecule has 2 aliphatic rings. The molecule has 2 aromatic heterocycles. The summed E-state index contributed by atoms with van der Waals surface area (Å²) in [5, 5.41) is 29.0. The van der Waals surface area contributed by atoms with Crippen LogP contribution < -0.4 is 21.1 Å². The standard InChI is InChI=1S/C40H56N8O4/c1-23(2)47(29-15-25(16-29)8-13-34(49)46-32-12-10-28(18-31(32)41)40(4,5)6)20-27-17-33(37(51)36(27)50)48-22-45-35-38(43-21-44-39(35)48)42-19-26-9-11-30(52-7)14-24(26)3/h9-12,14,18,21-23,25,27,29,33,36-37,50-51H,8,13,15-17,19-20,41H2,1-7H3,(H,46,49)(H,42,43,44)/t25?,27-,29?,33-,36-,37+/m1/s1. The molecule has 280 valence electrons. The van der Waals surface area contributed by atoms with Crippen molar-refractivity contribution in [3.63, 3.8) is 0 Å². The number of nitrogens with two attached hydrogens (primary N) is 1. The maximum atomic E-state index is 12.8.